The van der Waals surface area contributed by atoms with Crippen LogP contribution in [0.25, 0.3) is 12.2 Å². The van der Waals surface area contributed by atoms with Crippen molar-refractivity contribution >= 4 is 29.3 Å². The largest absolute Gasteiger partial charge is 0.378 e. The summed E-state index contributed by atoms with van der Waals surface area (Å²) >= 11 is 0. The SMILES string of the molecule is CN(C)c1ccc(C=CCCC(=O)CCC=Cc2ccc(N(C)C)cc2)cc1. The zero-order chi connectivity index (χ0) is 20.4. The molecule has 0 fully saturated rings. The smallest absolute Gasteiger partial charge is 0.133 e. The van der Waals surface area contributed by atoms with Gasteiger partial charge >= 0.3 is 0 Å². The minimum atomic E-state index is 0.320. The first-order valence-electron chi connectivity index (χ1n) is 9.85. The number of anilines is 2. The van der Waals surface area contributed by atoms with E-state index in [-0.39, 0.29) is 0 Å². The maximum atomic E-state index is 12.0. The van der Waals surface area contributed by atoms with Gasteiger partial charge < -0.3 is 9.80 Å². The van der Waals surface area contributed by atoms with Crippen molar-refractivity contribution in [2.75, 3.05) is 38.0 Å². The third-order valence-corrected chi connectivity index (χ3v) is 4.62. The molecule has 0 atom stereocenters. The molecule has 3 heteroatoms. The molecule has 0 aliphatic heterocycles. The Labute approximate surface area is 170 Å². The Morgan fingerprint density at radius 1 is 0.679 bits per heavy atom. The highest BCUT2D eigenvalue weighted by molar-refractivity contribution is 5.78. The predicted octanol–water partition coefficient (Wildman–Crippen LogP) is 5.67. The Hall–Kier alpha value is -2.81. The van der Waals surface area contributed by atoms with Gasteiger partial charge in [0.15, 0.2) is 0 Å². The van der Waals surface area contributed by atoms with Crippen LogP contribution in [0.4, 0.5) is 11.4 Å². The molecule has 148 valence electrons. The molecule has 28 heavy (non-hydrogen) atoms. The molecular formula is C25H32N2O. The summed E-state index contributed by atoms with van der Waals surface area (Å²) < 4.78 is 0. The van der Waals surface area contributed by atoms with Crippen molar-refractivity contribution in [3.63, 3.8) is 0 Å². The number of benzene rings is 2. The number of carbonyl (C=O) groups excluding carboxylic acids is 1. The van der Waals surface area contributed by atoms with E-state index < -0.39 is 0 Å². The van der Waals surface area contributed by atoms with Crippen LogP contribution in [0.15, 0.2) is 60.7 Å². The Morgan fingerprint density at radius 2 is 1.04 bits per heavy atom. The molecule has 0 spiro atoms. The number of nitrogens with zero attached hydrogens (tertiary/aromatic N) is 2. The van der Waals surface area contributed by atoms with Crippen LogP contribution >= 0.6 is 0 Å². The second kappa shape index (κ2) is 11.1. The number of carbonyl (C=O) groups is 1. The fourth-order valence-electron chi connectivity index (χ4n) is 2.82. The zero-order valence-electron chi connectivity index (χ0n) is 17.6. The second-order valence-electron chi connectivity index (χ2n) is 7.39. The molecule has 2 rings (SSSR count). The first kappa shape index (κ1) is 21.5. The number of ketones is 1. The van der Waals surface area contributed by atoms with Crippen molar-refractivity contribution < 1.29 is 4.79 Å². The fourth-order valence-corrected chi connectivity index (χ4v) is 2.82. The molecule has 3 nitrogen and oxygen atoms in total. The summed E-state index contributed by atoms with van der Waals surface area (Å²) in [7, 11) is 8.14. The molecule has 0 aliphatic rings. The molecule has 0 amide bonds. The monoisotopic (exact) mass is 376 g/mol. The standard InChI is InChI=1S/C25H32N2O/c1-26(2)23-17-13-21(14-18-23)9-5-7-11-25(28)12-8-6-10-22-15-19-24(20-16-22)27(3)4/h5-6,9-10,13-20H,7-8,11-12H2,1-4H3. The molecule has 0 N–H and O–H groups in total. The van der Waals surface area contributed by atoms with Gasteiger partial charge in [-0.3, -0.25) is 4.79 Å². The molecule has 0 saturated carbocycles. The van der Waals surface area contributed by atoms with E-state index in [1.807, 2.05) is 28.2 Å². The summed E-state index contributed by atoms with van der Waals surface area (Å²) in [5.74, 6) is 0.320. The summed E-state index contributed by atoms with van der Waals surface area (Å²) in [5, 5.41) is 0. The predicted molar refractivity (Wildman–Crippen MR) is 123 cm³/mol. The molecule has 0 radical (unpaired) electrons. The van der Waals surface area contributed by atoms with Gasteiger partial charge in [0.25, 0.3) is 0 Å². The van der Waals surface area contributed by atoms with Crippen LogP contribution in [-0.2, 0) is 4.79 Å². The average Bonchev–Trinajstić information content (AvgIpc) is 2.69. The van der Waals surface area contributed by atoms with Crippen molar-refractivity contribution in [2.45, 2.75) is 25.7 Å². The van der Waals surface area contributed by atoms with E-state index in [0.29, 0.717) is 18.6 Å². The highest BCUT2D eigenvalue weighted by atomic mass is 16.1. The lowest BCUT2D eigenvalue weighted by Crippen LogP contribution is -2.07. The van der Waals surface area contributed by atoms with Crippen LogP contribution in [0.5, 0.6) is 0 Å². The van der Waals surface area contributed by atoms with Crippen molar-refractivity contribution in [1.29, 1.82) is 0 Å². The molecule has 0 heterocycles. The van der Waals surface area contributed by atoms with Crippen molar-refractivity contribution in [3.8, 4) is 0 Å². The van der Waals surface area contributed by atoms with Crippen molar-refractivity contribution in [3.05, 3.63) is 71.8 Å². The third-order valence-electron chi connectivity index (χ3n) is 4.62. The Morgan fingerprint density at radius 3 is 1.36 bits per heavy atom. The number of allylic oxidation sites excluding steroid dienone is 2. The molecule has 0 bridgehead atoms. The lowest BCUT2D eigenvalue weighted by atomic mass is 10.1. The van der Waals surface area contributed by atoms with E-state index in [2.05, 4.69) is 82.6 Å². The molecule has 2 aromatic carbocycles. The Kier molecular flexibility index (Phi) is 8.54. The average molecular weight is 377 g/mol. The lowest BCUT2D eigenvalue weighted by molar-refractivity contribution is -0.118. The maximum Gasteiger partial charge on any atom is 0.133 e. The van der Waals surface area contributed by atoms with E-state index in [0.717, 1.165) is 12.8 Å². The molecule has 0 aromatic heterocycles. The summed E-state index contributed by atoms with van der Waals surface area (Å²) in [4.78, 5) is 16.2. The summed E-state index contributed by atoms with van der Waals surface area (Å²) in [6.07, 6.45) is 11.2. The van der Waals surface area contributed by atoms with Gasteiger partial charge in [-0.1, -0.05) is 48.6 Å². The molecule has 2 aromatic rings. The van der Waals surface area contributed by atoms with Crippen LogP contribution in [0, 0.1) is 0 Å². The normalized spacial score (nSPS) is 11.3. The van der Waals surface area contributed by atoms with Gasteiger partial charge in [-0.2, -0.15) is 0 Å². The van der Waals surface area contributed by atoms with Gasteiger partial charge in [-0.15, -0.1) is 0 Å². The second-order valence-corrected chi connectivity index (χ2v) is 7.39. The van der Waals surface area contributed by atoms with Crippen molar-refractivity contribution in [1.82, 2.24) is 0 Å². The van der Waals surface area contributed by atoms with Crippen LogP contribution in [0.3, 0.4) is 0 Å². The van der Waals surface area contributed by atoms with Crippen LogP contribution in [-0.4, -0.2) is 34.0 Å². The van der Waals surface area contributed by atoms with Gasteiger partial charge in [-0.25, -0.2) is 0 Å². The minimum Gasteiger partial charge on any atom is -0.378 e. The van der Waals surface area contributed by atoms with E-state index in [1.54, 1.807) is 0 Å². The topological polar surface area (TPSA) is 23.6 Å². The number of hydrogen-bond donors (Lipinski definition) is 0. The summed E-state index contributed by atoms with van der Waals surface area (Å²) in [5.41, 5.74) is 4.71. The number of hydrogen-bond acceptors (Lipinski definition) is 3. The van der Waals surface area contributed by atoms with Crippen LogP contribution < -0.4 is 9.80 Å². The van der Waals surface area contributed by atoms with Crippen LogP contribution in [0.2, 0.25) is 0 Å². The Balaban J connectivity index is 1.66. The van der Waals surface area contributed by atoms with E-state index in [1.165, 1.54) is 22.5 Å². The molecular weight excluding hydrogens is 344 g/mol. The maximum absolute atomic E-state index is 12.0. The number of Topliss-reactive ketones (excluding diaryl/α,β-unsaturated/α-hetero) is 1. The van der Waals surface area contributed by atoms with Gasteiger partial charge in [0.2, 0.25) is 0 Å². The fraction of sp³-hybridized carbons (Fsp3) is 0.320. The van der Waals surface area contributed by atoms with E-state index in [9.17, 15) is 4.79 Å². The molecule has 0 aliphatic carbocycles. The number of rotatable bonds is 10. The quantitative estimate of drug-likeness (QED) is 0.533. The highest BCUT2D eigenvalue weighted by Gasteiger charge is 1.99. The van der Waals surface area contributed by atoms with Crippen molar-refractivity contribution in [2.24, 2.45) is 0 Å². The van der Waals surface area contributed by atoms with E-state index in [4.69, 9.17) is 0 Å². The molecule has 0 unspecified atom stereocenters. The Bertz CT molecular complexity index is 717. The zero-order valence-corrected chi connectivity index (χ0v) is 17.6. The molecule has 0 saturated heterocycles. The van der Waals surface area contributed by atoms with Gasteiger partial charge in [0.1, 0.15) is 5.78 Å². The minimum absolute atomic E-state index is 0.320. The first-order chi connectivity index (χ1) is 13.5. The van der Waals surface area contributed by atoms with Gasteiger partial charge in [-0.05, 0) is 48.2 Å². The summed E-state index contributed by atoms with van der Waals surface area (Å²) in [6.45, 7) is 0. The summed E-state index contributed by atoms with van der Waals surface area (Å²) in [6, 6.07) is 16.8. The highest BCUT2D eigenvalue weighted by Crippen LogP contribution is 2.15. The lowest BCUT2D eigenvalue weighted by Gasteiger charge is -2.11. The third kappa shape index (κ3) is 7.43. The van der Waals surface area contributed by atoms with Gasteiger partial charge in [0.05, 0.1) is 0 Å². The van der Waals surface area contributed by atoms with Crippen LogP contribution in [0.1, 0.15) is 36.8 Å². The van der Waals surface area contributed by atoms with Gasteiger partial charge in [0, 0.05) is 52.4 Å². The first-order valence-corrected chi connectivity index (χ1v) is 9.85. The van der Waals surface area contributed by atoms with E-state index >= 15 is 0 Å².